The first-order chi connectivity index (χ1) is 16.2. The summed E-state index contributed by atoms with van der Waals surface area (Å²) in [5.74, 6) is 0.636. The van der Waals surface area contributed by atoms with Crippen molar-refractivity contribution in [2.75, 3.05) is 5.32 Å². The predicted molar refractivity (Wildman–Crippen MR) is 128 cm³/mol. The first-order valence-corrected chi connectivity index (χ1v) is 11.9. The maximum Gasteiger partial charge on any atom is 0.205 e. The van der Waals surface area contributed by atoms with Gasteiger partial charge in [0, 0.05) is 24.3 Å². The molecule has 1 aliphatic heterocycles. The van der Waals surface area contributed by atoms with Crippen LogP contribution in [-0.2, 0) is 14.3 Å². The zero-order valence-corrected chi connectivity index (χ0v) is 19.6. The third-order valence-corrected chi connectivity index (χ3v) is 7.50. The van der Waals surface area contributed by atoms with Crippen molar-refractivity contribution in [2.24, 2.45) is 17.8 Å². The second kappa shape index (κ2) is 8.38. The standard InChI is InChI=1S/C27H30N2O5/c1-13-6-4-5-7-18(13)28-19-10-17-23(11-20(19)31)34-24-12-22(33)27(15(3)25(17)24)29-26-14(2)8-16(30)9-21(26)32/h8-13,17-18,25,28-30,32H,4-7H2,1-3H3. The number of ether oxygens (including phenoxy) is 1. The summed E-state index contributed by atoms with van der Waals surface area (Å²) < 4.78 is 5.97. The Morgan fingerprint density at radius 1 is 1.00 bits per heavy atom. The lowest BCUT2D eigenvalue weighted by molar-refractivity contribution is -0.112. The van der Waals surface area contributed by atoms with E-state index in [0.717, 1.165) is 24.8 Å². The van der Waals surface area contributed by atoms with Crippen LogP contribution in [0.15, 0.2) is 58.8 Å². The van der Waals surface area contributed by atoms with Gasteiger partial charge < -0.3 is 25.6 Å². The highest BCUT2D eigenvalue weighted by atomic mass is 16.5. The Labute approximate surface area is 198 Å². The lowest BCUT2D eigenvalue weighted by Gasteiger charge is -2.32. The van der Waals surface area contributed by atoms with Crippen LogP contribution in [0.1, 0.15) is 45.1 Å². The fraction of sp³-hybridized carbons (Fsp3) is 0.407. The zero-order chi connectivity index (χ0) is 24.1. The van der Waals surface area contributed by atoms with Gasteiger partial charge in [0.2, 0.25) is 11.6 Å². The Balaban J connectivity index is 1.46. The predicted octanol–water partition coefficient (Wildman–Crippen LogP) is 4.34. The van der Waals surface area contributed by atoms with Crippen LogP contribution in [0.4, 0.5) is 5.69 Å². The van der Waals surface area contributed by atoms with Crippen LogP contribution in [0.3, 0.4) is 0 Å². The molecule has 4 N–H and O–H groups in total. The van der Waals surface area contributed by atoms with Crippen LogP contribution >= 0.6 is 0 Å². The molecule has 1 aromatic rings. The average Bonchev–Trinajstić information content (AvgIpc) is 3.11. The monoisotopic (exact) mass is 462 g/mol. The van der Waals surface area contributed by atoms with E-state index in [1.807, 2.05) is 13.0 Å². The number of carbonyl (C=O) groups excluding carboxylic acids is 2. The van der Waals surface area contributed by atoms with Crippen LogP contribution in [-0.4, -0.2) is 27.8 Å². The molecule has 0 aromatic heterocycles. The minimum absolute atomic E-state index is 0.0494. The lowest BCUT2D eigenvalue weighted by Crippen LogP contribution is -2.39. The van der Waals surface area contributed by atoms with Gasteiger partial charge in [0.1, 0.15) is 23.0 Å². The number of phenolic OH excluding ortho intramolecular Hbond substituents is 2. The molecular formula is C27H30N2O5. The summed E-state index contributed by atoms with van der Waals surface area (Å²) in [6.45, 7) is 5.84. The van der Waals surface area contributed by atoms with Gasteiger partial charge >= 0.3 is 0 Å². The quantitative estimate of drug-likeness (QED) is 0.389. The van der Waals surface area contributed by atoms with Crippen molar-refractivity contribution in [1.82, 2.24) is 5.32 Å². The molecule has 4 unspecified atom stereocenters. The van der Waals surface area contributed by atoms with Crippen LogP contribution in [0.2, 0.25) is 0 Å². The van der Waals surface area contributed by atoms with E-state index >= 15 is 0 Å². The van der Waals surface area contributed by atoms with E-state index in [-0.39, 0.29) is 40.9 Å². The first-order valence-electron chi connectivity index (χ1n) is 11.9. The average molecular weight is 463 g/mol. The molecule has 7 heteroatoms. The molecular weight excluding hydrogens is 432 g/mol. The van der Waals surface area contributed by atoms with Crippen molar-refractivity contribution in [2.45, 2.75) is 52.5 Å². The minimum atomic E-state index is -0.264. The number of allylic oxidation sites excluding steroid dienone is 4. The smallest absolute Gasteiger partial charge is 0.205 e. The molecule has 1 heterocycles. The molecule has 0 spiro atoms. The van der Waals surface area contributed by atoms with E-state index in [1.54, 1.807) is 13.0 Å². The number of aromatic hydroxyl groups is 2. The summed E-state index contributed by atoms with van der Waals surface area (Å²) in [5.41, 5.74) is 2.72. The van der Waals surface area contributed by atoms with Gasteiger partial charge in [-0.05, 0) is 55.9 Å². The topological polar surface area (TPSA) is 108 Å². The van der Waals surface area contributed by atoms with Crippen molar-refractivity contribution in [3.8, 4) is 11.5 Å². The van der Waals surface area contributed by atoms with Gasteiger partial charge in [0.05, 0.1) is 28.9 Å². The Morgan fingerprint density at radius 3 is 2.47 bits per heavy atom. The van der Waals surface area contributed by atoms with Crippen molar-refractivity contribution >= 4 is 17.3 Å². The number of hydrogen-bond acceptors (Lipinski definition) is 7. The molecule has 0 radical (unpaired) electrons. The molecule has 1 saturated heterocycles. The van der Waals surface area contributed by atoms with Gasteiger partial charge in [-0.25, -0.2) is 0 Å². The molecule has 0 amide bonds. The van der Waals surface area contributed by atoms with E-state index in [2.05, 4.69) is 17.6 Å². The Hall–Kier alpha value is -3.48. The number of ketones is 2. The van der Waals surface area contributed by atoms with E-state index in [9.17, 15) is 19.8 Å². The number of carbonyl (C=O) groups is 2. The highest BCUT2D eigenvalue weighted by molar-refractivity contribution is 6.09. The summed E-state index contributed by atoms with van der Waals surface area (Å²) in [5, 5.41) is 26.6. The second-order valence-corrected chi connectivity index (χ2v) is 9.86. The fourth-order valence-corrected chi connectivity index (χ4v) is 5.58. The number of aryl methyl sites for hydroxylation is 1. The molecule has 2 fully saturated rings. The maximum absolute atomic E-state index is 13.0. The summed E-state index contributed by atoms with van der Waals surface area (Å²) in [6.07, 6.45) is 9.55. The summed E-state index contributed by atoms with van der Waals surface area (Å²) >= 11 is 0. The van der Waals surface area contributed by atoms with E-state index in [0.29, 0.717) is 40.1 Å². The largest absolute Gasteiger partial charge is 0.508 e. The highest BCUT2D eigenvalue weighted by Gasteiger charge is 2.45. The summed E-state index contributed by atoms with van der Waals surface area (Å²) in [6, 6.07) is 3.03. The van der Waals surface area contributed by atoms with Crippen LogP contribution in [0, 0.1) is 24.7 Å². The second-order valence-electron chi connectivity index (χ2n) is 9.86. The van der Waals surface area contributed by atoms with Crippen LogP contribution in [0.5, 0.6) is 11.5 Å². The third kappa shape index (κ3) is 3.79. The highest BCUT2D eigenvalue weighted by Crippen LogP contribution is 2.48. The number of phenols is 2. The molecule has 4 atom stereocenters. The molecule has 1 aromatic carbocycles. The van der Waals surface area contributed by atoms with Gasteiger partial charge in [0.25, 0.3) is 0 Å². The zero-order valence-electron chi connectivity index (χ0n) is 19.6. The van der Waals surface area contributed by atoms with Crippen LogP contribution < -0.4 is 10.6 Å². The van der Waals surface area contributed by atoms with Gasteiger partial charge in [-0.2, -0.15) is 0 Å². The van der Waals surface area contributed by atoms with Crippen molar-refractivity contribution < 1.29 is 24.5 Å². The Morgan fingerprint density at radius 2 is 1.74 bits per heavy atom. The van der Waals surface area contributed by atoms with Crippen LogP contribution in [0.25, 0.3) is 0 Å². The molecule has 3 aliphatic carbocycles. The van der Waals surface area contributed by atoms with Gasteiger partial charge in [-0.1, -0.05) is 19.8 Å². The van der Waals surface area contributed by atoms with Crippen molar-refractivity contribution in [3.05, 3.63) is 64.4 Å². The molecule has 178 valence electrons. The molecule has 4 aliphatic rings. The van der Waals surface area contributed by atoms with Gasteiger partial charge in [0.15, 0.2) is 0 Å². The van der Waals surface area contributed by atoms with Crippen molar-refractivity contribution in [3.63, 3.8) is 0 Å². The molecule has 5 rings (SSSR count). The number of fused-ring (bicyclic) bond motifs is 3. The number of benzene rings is 1. The normalized spacial score (nSPS) is 28.4. The third-order valence-electron chi connectivity index (χ3n) is 7.50. The Bertz CT molecular complexity index is 1180. The Kier molecular flexibility index (Phi) is 5.50. The number of hydrogen-bond donors (Lipinski definition) is 4. The maximum atomic E-state index is 13.0. The van der Waals surface area contributed by atoms with Gasteiger partial charge in [-0.3, -0.25) is 9.59 Å². The van der Waals surface area contributed by atoms with E-state index in [4.69, 9.17) is 4.74 Å². The molecule has 7 nitrogen and oxygen atoms in total. The summed E-state index contributed by atoms with van der Waals surface area (Å²) in [4.78, 5) is 25.8. The minimum Gasteiger partial charge on any atom is -0.508 e. The van der Waals surface area contributed by atoms with E-state index < -0.39 is 0 Å². The molecule has 1 saturated carbocycles. The lowest BCUT2D eigenvalue weighted by atomic mass is 9.79. The van der Waals surface area contributed by atoms with E-state index in [1.165, 1.54) is 24.6 Å². The number of nitrogens with one attached hydrogen (secondary N) is 2. The fourth-order valence-electron chi connectivity index (χ4n) is 5.58. The van der Waals surface area contributed by atoms with Gasteiger partial charge in [-0.15, -0.1) is 0 Å². The van der Waals surface area contributed by atoms with Crippen molar-refractivity contribution in [1.29, 1.82) is 0 Å². The number of rotatable bonds is 4. The summed E-state index contributed by atoms with van der Waals surface area (Å²) in [7, 11) is 0. The SMILES string of the molecule is CC1=C(Nc2c(C)cc(O)cc2O)C(=O)C=C2OC3=CC(=O)C(NC4CCCCC4C)=CC3C21. The number of anilines is 1. The molecule has 0 bridgehead atoms. The first kappa shape index (κ1) is 22.3. The molecule has 34 heavy (non-hydrogen) atoms.